The van der Waals surface area contributed by atoms with E-state index in [9.17, 15) is 0 Å². The van der Waals surface area contributed by atoms with Gasteiger partial charge in [0.15, 0.2) is 0 Å². The Morgan fingerprint density at radius 3 is 2.71 bits per heavy atom. The Morgan fingerprint density at radius 2 is 2.14 bits per heavy atom. The molecule has 0 saturated heterocycles. The van der Waals surface area contributed by atoms with Crippen LogP contribution in [0.4, 0.5) is 0 Å². The summed E-state index contributed by atoms with van der Waals surface area (Å²) in [6.07, 6.45) is 9.47. The van der Waals surface area contributed by atoms with Gasteiger partial charge >= 0.3 is 0 Å². The molecule has 0 aromatic rings. The topological polar surface area (TPSA) is 23.9 Å². The van der Waals surface area contributed by atoms with Crippen molar-refractivity contribution in [2.24, 2.45) is 0 Å². The Morgan fingerprint density at radius 1 is 1.43 bits per heavy atom. The van der Waals surface area contributed by atoms with Gasteiger partial charge in [0.25, 0.3) is 0 Å². The standard InChI is InChI=1S/C13H15N/c1-4-10(3)13(14)12-9-7-6-8-11(12)5-2/h4-5,7,9,14H,1-3,6,8H2. The van der Waals surface area contributed by atoms with Crippen LogP contribution in [0.5, 0.6) is 0 Å². The van der Waals surface area contributed by atoms with Gasteiger partial charge in [-0.25, -0.2) is 0 Å². The van der Waals surface area contributed by atoms with Crippen LogP contribution in [-0.4, -0.2) is 5.71 Å². The molecule has 0 spiro atoms. The lowest BCUT2D eigenvalue weighted by molar-refractivity contribution is 0.982. The fourth-order valence-electron chi connectivity index (χ4n) is 1.41. The molecule has 0 aliphatic heterocycles. The average Bonchev–Trinajstić information content (AvgIpc) is 2.26. The fraction of sp³-hybridized carbons (Fsp3) is 0.154. The van der Waals surface area contributed by atoms with E-state index < -0.39 is 0 Å². The van der Waals surface area contributed by atoms with Crippen molar-refractivity contribution in [2.45, 2.75) is 12.8 Å². The van der Waals surface area contributed by atoms with Crippen molar-refractivity contribution in [2.75, 3.05) is 0 Å². The minimum Gasteiger partial charge on any atom is -0.300 e. The number of nitrogens with one attached hydrogen (secondary N) is 1. The van der Waals surface area contributed by atoms with Crippen molar-refractivity contribution < 1.29 is 0 Å². The summed E-state index contributed by atoms with van der Waals surface area (Å²) in [6.45, 7) is 11.1. The Labute approximate surface area is 85.4 Å². The fourth-order valence-corrected chi connectivity index (χ4v) is 1.41. The highest BCUT2D eigenvalue weighted by Crippen LogP contribution is 2.22. The molecule has 0 bridgehead atoms. The predicted octanol–water partition coefficient (Wildman–Crippen LogP) is 3.58. The Balaban J connectivity index is 3.05. The van der Waals surface area contributed by atoms with Crippen LogP contribution in [0.25, 0.3) is 0 Å². The number of hydrogen-bond acceptors (Lipinski definition) is 1. The maximum atomic E-state index is 7.90. The molecule has 0 aromatic carbocycles. The van der Waals surface area contributed by atoms with Crippen LogP contribution in [0.2, 0.25) is 0 Å². The van der Waals surface area contributed by atoms with Crippen molar-refractivity contribution in [3.8, 4) is 0 Å². The summed E-state index contributed by atoms with van der Waals surface area (Å²) in [7, 11) is 0. The van der Waals surface area contributed by atoms with Gasteiger partial charge in [-0.15, -0.1) is 0 Å². The van der Waals surface area contributed by atoms with Crippen LogP contribution in [0, 0.1) is 5.41 Å². The Kier molecular flexibility index (Phi) is 3.41. The van der Waals surface area contributed by atoms with E-state index in [-0.39, 0.29) is 0 Å². The van der Waals surface area contributed by atoms with E-state index in [1.54, 1.807) is 6.08 Å². The van der Waals surface area contributed by atoms with Gasteiger partial charge in [-0.3, -0.25) is 5.41 Å². The minimum atomic E-state index is 0.450. The Bertz CT molecular complexity index is 353. The molecule has 1 nitrogen and oxygen atoms in total. The molecule has 1 N–H and O–H groups in total. The lowest BCUT2D eigenvalue weighted by Crippen LogP contribution is -2.06. The van der Waals surface area contributed by atoms with E-state index in [1.807, 2.05) is 12.2 Å². The summed E-state index contributed by atoms with van der Waals surface area (Å²) in [5.41, 5.74) is 3.16. The number of allylic oxidation sites excluding steroid dienone is 7. The molecule has 0 unspecified atom stereocenters. The van der Waals surface area contributed by atoms with Crippen molar-refractivity contribution >= 4 is 5.71 Å². The third-order valence-corrected chi connectivity index (χ3v) is 2.29. The van der Waals surface area contributed by atoms with E-state index in [2.05, 4.69) is 25.8 Å². The van der Waals surface area contributed by atoms with Gasteiger partial charge in [0.1, 0.15) is 0 Å². The molecule has 0 atom stereocenters. The molecule has 0 amide bonds. The zero-order valence-corrected chi connectivity index (χ0v) is 8.34. The first-order valence-corrected chi connectivity index (χ1v) is 4.63. The van der Waals surface area contributed by atoms with Gasteiger partial charge in [-0.2, -0.15) is 0 Å². The lowest BCUT2D eigenvalue weighted by atomic mass is 9.91. The first kappa shape index (κ1) is 10.5. The molecule has 0 fully saturated rings. The Hall–Kier alpha value is -1.63. The minimum absolute atomic E-state index is 0.450. The second-order valence-corrected chi connectivity index (χ2v) is 3.19. The largest absolute Gasteiger partial charge is 0.300 e. The second kappa shape index (κ2) is 4.56. The highest BCUT2D eigenvalue weighted by molar-refractivity contribution is 6.14. The third kappa shape index (κ3) is 1.99. The molecule has 0 aromatic heterocycles. The maximum absolute atomic E-state index is 7.90. The van der Waals surface area contributed by atoms with Gasteiger partial charge in [0.05, 0.1) is 5.71 Å². The van der Waals surface area contributed by atoms with Gasteiger partial charge in [0, 0.05) is 5.57 Å². The second-order valence-electron chi connectivity index (χ2n) is 3.19. The normalized spacial score (nSPS) is 15.1. The van der Waals surface area contributed by atoms with E-state index in [4.69, 9.17) is 5.41 Å². The first-order valence-electron chi connectivity index (χ1n) is 4.63. The lowest BCUT2D eigenvalue weighted by Gasteiger charge is -2.13. The third-order valence-electron chi connectivity index (χ3n) is 2.29. The average molecular weight is 185 g/mol. The van der Waals surface area contributed by atoms with Crippen LogP contribution >= 0.6 is 0 Å². The molecular formula is C13H15N. The molecule has 1 aliphatic rings. The van der Waals surface area contributed by atoms with Gasteiger partial charge in [-0.1, -0.05) is 44.0 Å². The molecule has 1 heteroatoms. The summed E-state index contributed by atoms with van der Waals surface area (Å²) in [6, 6.07) is 0. The van der Waals surface area contributed by atoms with E-state index in [0.717, 1.165) is 24.0 Å². The molecule has 0 radical (unpaired) electrons. The van der Waals surface area contributed by atoms with E-state index in [1.165, 1.54) is 0 Å². The maximum Gasteiger partial charge on any atom is 0.0681 e. The van der Waals surface area contributed by atoms with Crippen LogP contribution in [0.1, 0.15) is 12.8 Å². The van der Waals surface area contributed by atoms with Gasteiger partial charge in [-0.05, 0) is 24.0 Å². The highest BCUT2D eigenvalue weighted by Gasteiger charge is 2.11. The number of rotatable bonds is 4. The van der Waals surface area contributed by atoms with Crippen molar-refractivity contribution in [3.63, 3.8) is 0 Å². The van der Waals surface area contributed by atoms with Gasteiger partial charge < -0.3 is 0 Å². The monoisotopic (exact) mass is 185 g/mol. The summed E-state index contributed by atoms with van der Waals surface area (Å²) in [5, 5.41) is 7.90. The molecule has 0 heterocycles. The predicted molar refractivity (Wildman–Crippen MR) is 62.7 cm³/mol. The molecule has 0 saturated carbocycles. The van der Waals surface area contributed by atoms with Crippen LogP contribution in [-0.2, 0) is 0 Å². The number of hydrogen-bond donors (Lipinski definition) is 1. The summed E-state index contributed by atoms with van der Waals surface area (Å²) >= 11 is 0. The summed E-state index contributed by atoms with van der Waals surface area (Å²) in [4.78, 5) is 0. The smallest absolute Gasteiger partial charge is 0.0681 e. The van der Waals surface area contributed by atoms with Crippen LogP contribution in [0.15, 0.2) is 60.8 Å². The molecule has 14 heavy (non-hydrogen) atoms. The zero-order valence-electron chi connectivity index (χ0n) is 8.34. The van der Waals surface area contributed by atoms with Crippen LogP contribution < -0.4 is 0 Å². The highest BCUT2D eigenvalue weighted by atomic mass is 14.4. The SMILES string of the molecule is C=CC(=C)C(=N)C1=C(C=C)CCC=C1. The quantitative estimate of drug-likeness (QED) is 0.511. The van der Waals surface area contributed by atoms with Crippen molar-refractivity contribution in [1.29, 1.82) is 5.41 Å². The van der Waals surface area contributed by atoms with Crippen LogP contribution in [0.3, 0.4) is 0 Å². The molecule has 1 aliphatic carbocycles. The van der Waals surface area contributed by atoms with Crippen molar-refractivity contribution in [1.82, 2.24) is 0 Å². The summed E-state index contributed by atoms with van der Waals surface area (Å²) in [5.74, 6) is 0. The van der Waals surface area contributed by atoms with Crippen molar-refractivity contribution in [3.05, 3.63) is 60.8 Å². The zero-order chi connectivity index (χ0) is 10.6. The molecule has 1 rings (SSSR count). The summed E-state index contributed by atoms with van der Waals surface area (Å²) < 4.78 is 0. The van der Waals surface area contributed by atoms with E-state index >= 15 is 0 Å². The molecule has 72 valence electrons. The van der Waals surface area contributed by atoms with E-state index in [0.29, 0.717) is 11.3 Å². The van der Waals surface area contributed by atoms with Gasteiger partial charge in [0.2, 0.25) is 0 Å². The first-order chi connectivity index (χ1) is 6.70. The molecular weight excluding hydrogens is 170 g/mol.